The van der Waals surface area contributed by atoms with Crippen molar-refractivity contribution in [2.24, 2.45) is 0 Å². The largest absolute Gasteiger partial charge is 0.497 e. The first-order valence-electron chi connectivity index (χ1n) is 7.56. The minimum Gasteiger partial charge on any atom is -0.497 e. The number of thioether (sulfide) groups is 1. The van der Waals surface area contributed by atoms with Gasteiger partial charge in [0.05, 0.1) is 25.5 Å². The van der Waals surface area contributed by atoms with Crippen molar-refractivity contribution < 1.29 is 14.3 Å². The summed E-state index contributed by atoms with van der Waals surface area (Å²) in [6, 6.07) is 14.9. The normalized spacial score (nSPS) is 10.5. The summed E-state index contributed by atoms with van der Waals surface area (Å²) in [5.41, 5.74) is 1.46. The number of nitrogens with zero attached hydrogens (tertiary/aromatic N) is 3. The molecule has 0 unspecified atom stereocenters. The zero-order chi connectivity index (χ0) is 17.6. The smallest absolute Gasteiger partial charge is 0.196 e. The van der Waals surface area contributed by atoms with Crippen molar-refractivity contribution in [2.75, 3.05) is 20.0 Å². The molecular formula is C18H17N3O3S. The zero-order valence-corrected chi connectivity index (χ0v) is 14.7. The van der Waals surface area contributed by atoms with Gasteiger partial charge in [-0.15, -0.1) is 10.2 Å². The predicted octanol–water partition coefficient (Wildman–Crippen LogP) is 3.26. The standard InChI is InChI=1S/C18H17N3O3S/c1-23-14-8-9-15(17(10-14)24-2)16(22)11-25-18-20-19-12-21(18)13-6-4-3-5-7-13/h3-10,12H,11H2,1-2H3. The van der Waals surface area contributed by atoms with Crippen molar-refractivity contribution in [3.63, 3.8) is 0 Å². The van der Waals surface area contributed by atoms with Crippen LogP contribution in [0, 0.1) is 0 Å². The zero-order valence-electron chi connectivity index (χ0n) is 13.9. The summed E-state index contributed by atoms with van der Waals surface area (Å²) in [6.07, 6.45) is 1.64. The summed E-state index contributed by atoms with van der Waals surface area (Å²) >= 11 is 1.33. The Morgan fingerprint density at radius 3 is 2.64 bits per heavy atom. The third-order valence-electron chi connectivity index (χ3n) is 3.59. The Kier molecular flexibility index (Phi) is 5.35. The van der Waals surface area contributed by atoms with Crippen LogP contribution >= 0.6 is 11.8 Å². The van der Waals surface area contributed by atoms with E-state index in [9.17, 15) is 4.79 Å². The van der Waals surface area contributed by atoms with E-state index in [1.807, 2.05) is 34.9 Å². The van der Waals surface area contributed by atoms with Gasteiger partial charge in [0.15, 0.2) is 10.9 Å². The lowest BCUT2D eigenvalue weighted by atomic mass is 10.1. The maximum Gasteiger partial charge on any atom is 0.196 e. The molecule has 0 fully saturated rings. The molecular weight excluding hydrogens is 338 g/mol. The molecule has 1 aromatic heterocycles. The van der Waals surface area contributed by atoms with Crippen molar-refractivity contribution in [3.05, 3.63) is 60.4 Å². The Labute approximate surface area is 149 Å². The molecule has 0 amide bonds. The van der Waals surface area contributed by atoms with Crippen LogP contribution in [0.3, 0.4) is 0 Å². The first-order chi connectivity index (χ1) is 12.2. The number of aromatic nitrogens is 3. The third-order valence-corrected chi connectivity index (χ3v) is 4.54. The van der Waals surface area contributed by atoms with Gasteiger partial charge in [0, 0.05) is 11.8 Å². The summed E-state index contributed by atoms with van der Waals surface area (Å²) < 4.78 is 12.3. The lowest BCUT2D eigenvalue weighted by molar-refractivity contribution is 0.101. The first-order valence-corrected chi connectivity index (χ1v) is 8.55. The molecule has 0 spiro atoms. The molecule has 0 saturated heterocycles. The number of benzene rings is 2. The molecule has 3 rings (SSSR count). The molecule has 0 aliphatic rings. The number of Topliss-reactive ketones (excluding diaryl/α,β-unsaturated/α-hetero) is 1. The third kappa shape index (κ3) is 3.83. The highest BCUT2D eigenvalue weighted by Crippen LogP contribution is 2.27. The fourth-order valence-corrected chi connectivity index (χ4v) is 3.14. The summed E-state index contributed by atoms with van der Waals surface area (Å²) in [5.74, 6) is 1.32. The van der Waals surface area contributed by atoms with Gasteiger partial charge in [0.1, 0.15) is 17.8 Å². The van der Waals surface area contributed by atoms with Crippen molar-refractivity contribution in [1.29, 1.82) is 0 Å². The van der Waals surface area contributed by atoms with Gasteiger partial charge in [-0.2, -0.15) is 0 Å². The molecule has 1 heterocycles. The van der Waals surface area contributed by atoms with E-state index < -0.39 is 0 Å². The Morgan fingerprint density at radius 2 is 1.92 bits per heavy atom. The van der Waals surface area contributed by atoms with E-state index in [1.165, 1.54) is 18.9 Å². The summed E-state index contributed by atoms with van der Waals surface area (Å²) in [5, 5.41) is 8.71. The molecule has 0 aliphatic heterocycles. The monoisotopic (exact) mass is 355 g/mol. The molecule has 25 heavy (non-hydrogen) atoms. The van der Waals surface area contributed by atoms with Crippen LogP contribution in [0.25, 0.3) is 5.69 Å². The van der Waals surface area contributed by atoms with Gasteiger partial charge in [-0.1, -0.05) is 30.0 Å². The van der Waals surface area contributed by atoms with Crippen LogP contribution in [0.4, 0.5) is 0 Å². The van der Waals surface area contributed by atoms with Gasteiger partial charge in [-0.05, 0) is 24.3 Å². The topological polar surface area (TPSA) is 66.2 Å². The summed E-state index contributed by atoms with van der Waals surface area (Å²) in [7, 11) is 3.10. The number of ether oxygens (including phenoxy) is 2. The van der Waals surface area contributed by atoms with Crippen LogP contribution in [-0.4, -0.2) is 40.5 Å². The van der Waals surface area contributed by atoms with Gasteiger partial charge >= 0.3 is 0 Å². The quantitative estimate of drug-likeness (QED) is 0.479. The molecule has 0 aliphatic carbocycles. The number of carbonyl (C=O) groups is 1. The van der Waals surface area contributed by atoms with E-state index in [2.05, 4.69) is 10.2 Å². The lowest BCUT2D eigenvalue weighted by Crippen LogP contribution is -2.06. The fraction of sp³-hybridized carbons (Fsp3) is 0.167. The molecule has 6 nitrogen and oxygen atoms in total. The summed E-state index contributed by atoms with van der Waals surface area (Å²) in [4.78, 5) is 12.6. The van der Waals surface area contributed by atoms with Gasteiger partial charge in [-0.3, -0.25) is 9.36 Å². The van der Waals surface area contributed by atoms with Crippen molar-refractivity contribution in [3.8, 4) is 17.2 Å². The molecule has 0 atom stereocenters. The number of hydrogen-bond acceptors (Lipinski definition) is 6. The van der Waals surface area contributed by atoms with Crippen LogP contribution in [0.5, 0.6) is 11.5 Å². The minimum absolute atomic E-state index is 0.0490. The van der Waals surface area contributed by atoms with E-state index in [1.54, 1.807) is 31.6 Å². The Hall–Kier alpha value is -2.80. The average molecular weight is 355 g/mol. The molecule has 0 saturated carbocycles. The molecule has 7 heteroatoms. The maximum atomic E-state index is 12.6. The van der Waals surface area contributed by atoms with Gasteiger partial charge in [-0.25, -0.2) is 0 Å². The van der Waals surface area contributed by atoms with Gasteiger partial charge < -0.3 is 9.47 Å². The molecule has 0 N–H and O–H groups in total. The minimum atomic E-state index is -0.0490. The molecule has 3 aromatic rings. The number of para-hydroxylation sites is 1. The van der Waals surface area contributed by atoms with Crippen LogP contribution in [0.15, 0.2) is 60.0 Å². The predicted molar refractivity (Wildman–Crippen MR) is 96.0 cm³/mol. The number of carbonyl (C=O) groups excluding carboxylic acids is 1. The number of methoxy groups -OCH3 is 2. The SMILES string of the molecule is COc1ccc(C(=O)CSc2nncn2-c2ccccc2)c(OC)c1. The second-order valence-electron chi connectivity index (χ2n) is 5.10. The maximum absolute atomic E-state index is 12.6. The number of rotatable bonds is 7. The highest BCUT2D eigenvalue weighted by molar-refractivity contribution is 7.99. The van der Waals surface area contributed by atoms with Crippen molar-refractivity contribution in [1.82, 2.24) is 14.8 Å². The Balaban J connectivity index is 1.75. The van der Waals surface area contributed by atoms with E-state index in [-0.39, 0.29) is 11.5 Å². The highest BCUT2D eigenvalue weighted by Gasteiger charge is 2.16. The van der Waals surface area contributed by atoms with Crippen molar-refractivity contribution >= 4 is 17.5 Å². The second-order valence-corrected chi connectivity index (χ2v) is 6.04. The molecule has 0 radical (unpaired) electrons. The van der Waals surface area contributed by atoms with Crippen LogP contribution in [0.1, 0.15) is 10.4 Å². The average Bonchev–Trinajstić information content (AvgIpc) is 3.14. The summed E-state index contributed by atoms with van der Waals surface area (Å²) in [6.45, 7) is 0. The first kappa shape index (κ1) is 17.0. The van der Waals surface area contributed by atoms with Crippen LogP contribution in [0.2, 0.25) is 0 Å². The number of hydrogen-bond donors (Lipinski definition) is 0. The van der Waals surface area contributed by atoms with Gasteiger partial charge in [0.2, 0.25) is 0 Å². The van der Waals surface area contributed by atoms with Crippen LogP contribution < -0.4 is 9.47 Å². The molecule has 128 valence electrons. The van der Waals surface area contributed by atoms with E-state index in [0.29, 0.717) is 22.2 Å². The van der Waals surface area contributed by atoms with E-state index >= 15 is 0 Å². The molecule has 2 aromatic carbocycles. The van der Waals surface area contributed by atoms with Crippen molar-refractivity contribution in [2.45, 2.75) is 5.16 Å². The van der Waals surface area contributed by atoms with Crippen LogP contribution in [-0.2, 0) is 0 Å². The fourth-order valence-electron chi connectivity index (χ4n) is 2.33. The highest BCUT2D eigenvalue weighted by atomic mass is 32.2. The Bertz CT molecular complexity index is 865. The second kappa shape index (κ2) is 7.85. The van der Waals surface area contributed by atoms with E-state index in [4.69, 9.17) is 9.47 Å². The lowest BCUT2D eigenvalue weighted by Gasteiger charge is -2.10. The molecule has 0 bridgehead atoms. The van der Waals surface area contributed by atoms with Gasteiger partial charge in [0.25, 0.3) is 0 Å². The number of ketones is 1. The Morgan fingerprint density at radius 1 is 1.12 bits per heavy atom. The van der Waals surface area contributed by atoms with E-state index in [0.717, 1.165) is 5.69 Å².